The molecule has 1 rings (SSSR count). The molecule has 0 heterocycles. The first-order chi connectivity index (χ1) is 6.26. The first-order valence-corrected chi connectivity index (χ1v) is 4.16. The monoisotopic (exact) mass is 197 g/mol. The van der Waals surface area contributed by atoms with Crippen molar-refractivity contribution in [2.45, 2.75) is 0 Å². The van der Waals surface area contributed by atoms with Crippen LogP contribution in [0.15, 0.2) is 24.3 Å². The average molecular weight is 197 g/mol. The van der Waals surface area contributed by atoms with Crippen molar-refractivity contribution in [3.63, 3.8) is 0 Å². The zero-order valence-electron chi connectivity index (χ0n) is 7.53. The van der Waals surface area contributed by atoms with Gasteiger partial charge in [0.2, 0.25) is 0 Å². The molecule has 70 valence electrons. The van der Waals surface area contributed by atoms with Crippen molar-refractivity contribution in [3.05, 3.63) is 24.3 Å². The molecule has 0 amide bonds. The number of nitrogens with one attached hydrogen (secondary N) is 1. The highest BCUT2D eigenvalue weighted by atomic mass is 32.1. The van der Waals surface area contributed by atoms with E-state index in [1.54, 1.807) is 7.11 Å². The summed E-state index contributed by atoms with van der Waals surface area (Å²) in [5, 5.41) is 3.25. The lowest BCUT2D eigenvalue weighted by atomic mass is 10.3. The fourth-order valence-electron chi connectivity index (χ4n) is 0.843. The minimum atomic E-state index is 0.352. The van der Waals surface area contributed by atoms with Gasteiger partial charge in [0.25, 0.3) is 5.17 Å². The number of hydrogen-bond acceptors (Lipinski definition) is 3. The summed E-state index contributed by atoms with van der Waals surface area (Å²) in [5.41, 5.74) is 0.882. The fourth-order valence-corrected chi connectivity index (χ4v) is 0.961. The van der Waals surface area contributed by atoms with Gasteiger partial charge in [0.05, 0.1) is 14.2 Å². The van der Waals surface area contributed by atoms with Crippen molar-refractivity contribution >= 4 is 23.1 Å². The van der Waals surface area contributed by atoms with Gasteiger partial charge in [-0.15, -0.1) is 0 Å². The van der Waals surface area contributed by atoms with Crippen molar-refractivity contribution < 1.29 is 9.47 Å². The molecule has 1 aromatic rings. The van der Waals surface area contributed by atoms with Crippen LogP contribution in [0.3, 0.4) is 0 Å². The van der Waals surface area contributed by atoms with Crippen LogP contribution in [0.25, 0.3) is 0 Å². The lowest BCUT2D eigenvalue weighted by molar-refractivity contribution is 0.412. The molecule has 0 spiro atoms. The van der Waals surface area contributed by atoms with Crippen molar-refractivity contribution in [2.75, 3.05) is 19.5 Å². The van der Waals surface area contributed by atoms with Gasteiger partial charge in [-0.3, -0.25) is 0 Å². The Hall–Kier alpha value is -1.29. The zero-order chi connectivity index (χ0) is 9.68. The molecule has 0 saturated heterocycles. The topological polar surface area (TPSA) is 30.5 Å². The summed E-state index contributed by atoms with van der Waals surface area (Å²) in [4.78, 5) is 0. The predicted molar refractivity (Wildman–Crippen MR) is 56.2 cm³/mol. The highest BCUT2D eigenvalue weighted by molar-refractivity contribution is 7.80. The number of benzene rings is 1. The van der Waals surface area contributed by atoms with E-state index in [9.17, 15) is 0 Å². The Balaban J connectivity index is 2.64. The van der Waals surface area contributed by atoms with Gasteiger partial charge >= 0.3 is 0 Å². The summed E-state index contributed by atoms with van der Waals surface area (Å²) >= 11 is 4.83. The predicted octanol–water partition coefficient (Wildman–Crippen LogP) is 2.04. The van der Waals surface area contributed by atoms with Gasteiger partial charge < -0.3 is 14.8 Å². The summed E-state index contributed by atoms with van der Waals surface area (Å²) in [7, 11) is 3.15. The maximum atomic E-state index is 5.01. The maximum absolute atomic E-state index is 5.01. The number of hydrogen-bond donors (Lipinski definition) is 1. The third kappa shape index (κ3) is 2.91. The minimum absolute atomic E-state index is 0.352. The number of methoxy groups -OCH3 is 2. The van der Waals surface area contributed by atoms with Crippen LogP contribution in [0.1, 0.15) is 0 Å². The molecule has 0 aliphatic rings. The quantitative estimate of drug-likeness (QED) is 0.735. The smallest absolute Gasteiger partial charge is 0.260 e. The lowest BCUT2D eigenvalue weighted by Crippen LogP contribution is -2.10. The highest BCUT2D eigenvalue weighted by Gasteiger charge is 1.96. The van der Waals surface area contributed by atoms with Crippen LogP contribution in [0.4, 0.5) is 5.69 Å². The zero-order valence-corrected chi connectivity index (χ0v) is 8.35. The van der Waals surface area contributed by atoms with E-state index in [2.05, 4.69) is 5.32 Å². The Morgan fingerprint density at radius 1 is 1.23 bits per heavy atom. The van der Waals surface area contributed by atoms with E-state index < -0.39 is 0 Å². The van der Waals surface area contributed by atoms with Crippen molar-refractivity contribution in [1.29, 1.82) is 0 Å². The van der Waals surface area contributed by atoms with Gasteiger partial charge in [-0.25, -0.2) is 0 Å². The third-order valence-corrected chi connectivity index (χ3v) is 1.79. The van der Waals surface area contributed by atoms with Crippen molar-refractivity contribution in [1.82, 2.24) is 0 Å². The lowest BCUT2D eigenvalue weighted by Gasteiger charge is -2.06. The van der Waals surface area contributed by atoms with Gasteiger partial charge in [0.1, 0.15) is 5.75 Å². The number of rotatable bonds is 2. The van der Waals surface area contributed by atoms with Gasteiger partial charge in [0, 0.05) is 5.69 Å². The number of thiocarbonyl (C=S) groups is 1. The molecule has 0 atom stereocenters. The molecule has 13 heavy (non-hydrogen) atoms. The van der Waals surface area contributed by atoms with Crippen molar-refractivity contribution in [3.8, 4) is 5.75 Å². The molecule has 4 heteroatoms. The molecule has 3 nitrogen and oxygen atoms in total. The van der Waals surface area contributed by atoms with Crippen LogP contribution in [0.5, 0.6) is 5.75 Å². The molecule has 0 aromatic heterocycles. The van der Waals surface area contributed by atoms with E-state index in [0.717, 1.165) is 11.4 Å². The third-order valence-electron chi connectivity index (χ3n) is 1.52. The highest BCUT2D eigenvalue weighted by Crippen LogP contribution is 2.14. The van der Waals surface area contributed by atoms with Crippen LogP contribution in [0.2, 0.25) is 0 Å². The average Bonchev–Trinajstić information content (AvgIpc) is 2.19. The largest absolute Gasteiger partial charge is 0.497 e. The molecule has 0 unspecified atom stereocenters. The minimum Gasteiger partial charge on any atom is -0.497 e. The molecule has 1 aromatic carbocycles. The molecular weight excluding hydrogens is 186 g/mol. The summed E-state index contributed by atoms with van der Waals surface area (Å²) in [6.07, 6.45) is 0. The van der Waals surface area contributed by atoms with Gasteiger partial charge in [0.15, 0.2) is 0 Å². The Labute approximate surface area is 82.7 Å². The fraction of sp³-hybridized carbons (Fsp3) is 0.222. The normalized spacial score (nSPS) is 9.08. The van der Waals surface area contributed by atoms with E-state index in [-0.39, 0.29) is 0 Å². The Kier molecular flexibility index (Phi) is 3.52. The Morgan fingerprint density at radius 2 is 1.85 bits per heavy atom. The van der Waals surface area contributed by atoms with Gasteiger partial charge in [-0.1, -0.05) is 0 Å². The second kappa shape index (κ2) is 4.67. The summed E-state index contributed by atoms with van der Waals surface area (Å²) in [6, 6.07) is 7.43. The SMILES string of the molecule is COC(=S)Nc1ccc(OC)cc1. The van der Waals surface area contributed by atoms with Crippen molar-refractivity contribution in [2.24, 2.45) is 0 Å². The van der Waals surface area contributed by atoms with Crippen LogP contribution in [0, 0.1) is 0 Å². The Bertz CT molecular complexity index is 284. The number of ether oxygens (including phenoxy) is 2. The van der Waals surface area contributed by atoms with Gasteiger partial charge in [-0.05, 0) is 36.5 Å². The molecule has 0 bridgehead atoms. The summed E-state index contributed by atoms with van der Waals surface area (Å²) in [6.45, 7) is 0. The van der Waals surface area contributed by atoms with E-state index in [0.29, 0.717) is 5.17 Å². The summed E-state index contributed by atoms with van der Waals surface area (Å²) < 4.78 is 9.81. The molecule has 0 fully saturated rings. The van der Waals surface area contributed by atoms with E-state index in [1.165, 1.54) is 7.11 Å². The van der Waals surface area contributed by atoms with E-state index in [4.69, 9.17) is 21.7 Å². The standard InChI is InChI=1S/C9H11NO2S/c1-11-8-5-3-7(4-6-8)10-9(13)12-2/h3-6H,1-2H3,(H,10,13). The molecule has 1 N–H and O–H groups in total. The number of anilines is 1. The molecular formula is C9H11NO2S. The maximum Gasteiger partial charge on any atom is 0.260 e. The Morgan fingerprint density at radius 3 is 2.31 bits per heavy atom. The van der Waals surface area contributed by atoms with Crippen LogP contribution < -0.4 is 10.1 Å². The first kappa shape index (κ1) is 9.80. The molecule has 0 radical (unpaired) electrons. The molecule has 0 aliphatic heterocycles. The van der Waals surface area contributed by atoms with Crippen LogP contribution in [-0.4, -0.2) is 19.4 Å². The van der Waals surface area contributed by atoms with E-state index in [1.807, 2.05) is 24.3 Å². The summed E-state index contributed by atoms with van der Waals surface area (Å²) in [5.74, 6) is 0.814. The van der Waals surface area contributed by atoms with Gasteiger partial charge in [-0.2, -0.15) is 0 Å². The van der Waals surface area contributed by atoms with E-state index >= 15 is 0 Å². The second-order valence-corrected chi connectivity index (χ2v) is 2.72. The molecule has 0 aliphatic carbocycles. The first-order valence-electron chi connectivity index (χ1n) is 3.75. The second-order valence-electron chi connectivity index (χ2n) is 2.35. The van der Waals surface area contributed by atoms with Crippen LogP contribution in [-0.2, 0) is 4.74 Å². The van der Waals surface area contributed by atoms with Crippen LogP contribution >= 0.6 is 12.2 Å². The molecule has 0 saturated carbocycles.